The highest BCUT2D eigenvalue weighted by molar-refractivity contribution is 7.99. The molecule has 0 atom stereocenters. The standard InChI is InChI=1S/C23H19N3O3S4/c24-13-15-20(18-10-9-17(33-18)16-6-4-12-30-16)25-23(26-21(15)27)31-11-3-1-2-5-14-7-8-19(32-14)22(28)29/h4,6-10,12H,1-3,5,11H2,(H,28,29)(H,25,26,27). The van der Waals surface area contributed by atoms with E-state index in [9.17, 15) is 14.9 Å². The third-order valence-electron chi connectivity index (χ3n) is 4.79. The lowest BCUT2D eigenvalue weighted by Crippen LogP contribution is -2.14. The number of nitrogens with zero attached hydrogens (tertiary/aromatic N) is 2. The fraction of sp³-hybridized carbons (Fsp3) is 0.217. The first-order chi connectivity index (χ1) is 16.0. The maximum Gasteiger partial charge on any atom is 0.345 e. The molecule has 0 saturated carbocycles. The summed E-state index contributed by atoms with van der Waals surface area (Å²) in [6.45, 7) is 0. The third kappa shape index (κ3) is 5.81. The summed E-state index contributed by atoms with van der Waals surface area (Å²) in [6, 6.07) is 13.5. The molecule has 4 rings (SSSR count). The van der Waals surface area contributed by atoms with Crippen molar-refractivity contribution >= 4 is 51.7 Å². The lowest BCUT2D eigenvalue weighted by molar-refractivity contribution is 0.0702. The van der Waals surface area contributed by atoms with Crippen molar-refractivity contribution in [1.82, 2.24) is 9.97 Å². The Balaban J connectivity index is 1.35. The molecule has 0 radical (unpaired) electrons. The van der Waals surface area contributed by atoms with E-state index in [1.165, 1.54) is 34.4 Å². The van der Waals surface area contributed by atoms with Crippen LogP contribution in [0.15, 0.2) is 51.7 Å². The molecule has 0 aliphatic rings. The number of nitriles is 1. The molecular formula is C23H19N3O3S4. The number of rotatable bonds is 10. The largest absolute Gasteiger partial charge is 0.477 e. The number of thiophene rings is 3. The molecule has 0 fully saturated rings. The second-order valence-electron chi connectivity index (χ2n) is 7.08. The highest BCUT2D eigenvalue weighted by Gasteiger charge is 2.16. The fourth-order valence-electron chi connectivity index (χ4n) is 3.19. The van der Waals surface area contributed by atoms with E-state index in [0.717, 1.165) is 50.9 Å². The number of carboxylic acid groups (broad SMARTS) is 1. The van der Waals surface area contributed by atoms with Gasteiger partial charge in [-0.3, -0.25) is 4.79 Å². The number of nitrogens with one attached hydrogen (secondary N) is 1. The van der Waals surface area contributed by atoms with Crippen LogP contribution in [-0.4, -0.2) is 26.8 Å². The number of hydrogen-bond donors (Lipinski definition) is 2. The number of carboxylic acids is 1. The van der Waals surface area contributed by atoms with Gasteiger partial charge in [-0.1, -0.05) is 24.2 Å². The topological polar surface area (TPSA) is 107 Å². The summed E-state index contributed by atoms with van der Waals surface area (Å²) in [4.78, 5) is 35.3. The minimum Gasteiger partial charge on any atom is -0.477 e. The minimum atomic E-state index is -0.878. The molecule has 0 amide bonds. The van der Waals surface area contributed by atoms with Gasteiger partial charge in [0.1, 0.15) is 22.2 Å². The molecule has 0 aromatic carbocycles. The Morgan fingerprint density at radius 2 is 1.94 bits per heavy atom. The predicted octanol–water partition coefficient (Wildman–Crippen LogP) is 6.36. The molecule has 0 aliphatic heterocycles. The van der Waals surface area contributed by atoms with E-state index in [4.69, 9.17) is 5.11 Å². The molecule has 0 bridgehead atoms. The number of aromatic carboxylic acids is 1. The van der Waals surface area contributed by atoms with Crippen LogP contribution in [0, 0.1) is 11.3 Å². The van der Waals surface area contributed by atoms with Gasteiger partial charge >= 0.3 is 5.97 Å². The van der Waals surface area contributed by atoms with E-state index >= 15 is 0 Å². The van der Waals surface area contributed by atoms with Crippen molar-refractivity contribution in [3.8, 4) is 26.4 Å². The van der Waals surface area contributed by atoms with Crippen LogP contribution in [0.5, 0.6) is 0 Å². The van der Waals surface area contributed by atoms with Gasteiger partial charge in [-0.2, -0.15) is 5.26 Å². The van der Waals surface area contributed by atoms with Crippen LogP contribution in [0.2, 0.25) is 0 Å². The van der Waals surface area contributed by atoms with Crippen LogP contribution in [0.1, 0.15) is 39.4 Å². The number of carbonyl (C=O) groups is 1. The first kappa shape index (κ1) is 23.4. The zero-order chi connectivity index (χ0) is 23.2. The van der Waals surface area contributed by atoms with Crippen LogP contribution in [0.3, 0.4) is 0 Å². The molecule has 0 spiro atoms. The van der Waals surface area contributed by atoms with Gasteiger partial charge in [0, 0.05) is 20.4 Å². The first-order valence-corrected chi connectivity index (χ1v) is 13.7. The molecule has 4 heterocycles. The summed E-state index contributed by atoms with van der Waals surface area (Å²) in [5.74, 6) is -0.0829. The van der Waals surface area contributed by atoms with E-state index in [1.54, 1.807) is 17.4 Å². The predicted molar refractivity (Wildman–Crippen MR) is 136 cm³/mol. The second-order valence-corrected chi connectivity index (χ2v) is 11.4. The van der Waals surface area contributed by atoms with Gasteiger partial charge in [0.15, 0.2) is 5.16 Å². The van der Waals surface area contributed by atoms with E-state index < -0.39 is 11.5 Å². The zero-order valence-electron chi connectivity index (χ0n) is 17.4. The number of thioether (sulfide) groups is 1. The van der Waals surface area contributed by atoms with E-state index in [2.05, 4.69) is 9.97 Å². The molecule has 2 N–H and O–H groups in total. The van der Waals surface area contributed by atoms with Gasteiger partial charge in [0.2, 0.25) is 0 Å². The molecule has 0 unspecified atom stereocenters. The molecule has 0 aliphatic carbocycles. The van der Waals surface area contributed by atoms with Crippen molar-refractivity contribution in [2.24, 2.45) is 0 Å². The lowest BCUT2D eigenvalue weighted by atomic mass is 10.2. The summed E-state index contributed by atoms with van der Waals surface area (Å²) in [5, 5.41) is 21.0. The Morgan fingerprint density at radius 1 is 1.09 bits per heavy atom. The second kappa shape index (κ2) is 10.9. The Bertz CT molecular complexity index is 1350. The molecule has 10 heteroatoms. The van der Waals surface area contributed by atoms with Crippen LogP contribution in [0.25, 0.3) is 20.3 Å². The first-order valence-electron chi connectivity index (χ1n) is 10.2. The molecule has 0 saturated heterocycles. The highest BCUT2D eigenvalue weighted by Crippen LogP contribution is 2.36. The number of aryl methyl sites for hydroxylation is 1. The highest BCUT2D eigenvalue weighted by atomic mass is 32.2. The van der Waals surface area contributed by atoms with E-state index in [0.29, 0.717) is 15.7 Å². The number of hydrogen-bond acceptors (Lipinski definition) is 8. The smallest absolute Gasteiger partial charge is 0.345 e. The van der Waals surface area contributed by atoms with E-state index in [-0.39, 0.29) is 5.56 Å². The SMILES string of the molecule is N#Cc1c(-c2ccc(-c3cccs3)s2)nc(SCCCCCc2ccc(C(=O)O)s2)[nH]c1=O. The molecule has 33 heavy (non-hydrogen) atoms. The third-order valence-corrected chi connectivity index (χ3v) is 9.04. The van der Waals surface area contributed by atoms with Crippen molar-refractivity contribution in [3.05, 3.63) is 67.4 Å². The monoisotopic (exact) mass is 513 g/mol. The Morgan fingerprint density at radius 3 is 2.67 bits per heavy atom. The van der Waals surface area contributed by atoms with Gasteiger partial charge in [0.25, 0.3) is 5.56 Å². The van der Waals surface area contributed by atoms with Crippen LogP contribution >= 0.6 is 45.8 Å². The van der Waals surface area contributed by atoms with Gasteiger partial charge in [-0.05, 0) is 55.0 Å². The van der Waals surface area contributed by atoms with Crippen LogP contribution < -0.4 is 5.56 Å². The zero-order valence-corrected chi connectivity index (χ0v) is 20.6. The molecular weight excluding hydrogens is 495 g/mol. The summed E-state index contributed by atoms with van der Waals surface area (Å²) in [6.07, 6.45) is 3.78. The van der Waals surface area contributed by atoms with E-state index in [1.807, 2.05) is 41.8 Å². The lowest BCUT2D eigenvalue weighted by Gasteiger charge is -2.05. The molecule has 4 aromatic heterocycles. The van der Waals surface area contributed by atoms with Crippen molar-refractivity contribution in [2.45, 2.75) is 30.8 Å². The summed E-state index contributed by atoms with van der Waals surface area (Å²) >= 11 is 5.98. The normalized spacial score (nSPS) is 10.9. The Kier molecular flexibility index (Phi) is 7.77. The van der Waals surface area contributed by atoms with Crippen molar-refractivity contribution in [1.29, 1.82) is 5.26 Å². The fourth-order valence-corrected chi connectivity index (χ4v) is 6.78. The average Bonchev–Trinajstić information content (AvgIpc) is 3.57. The van der Waals surface area contributed by atoms with Crippen LogP contribution in [0.4, 0.5) is 0 Å². The average molecular weight is 514 g/mol. The molecule has 6 nitrogen and oxygen atoms in total. The minimum absolute atomic E-state index is 0.0376. The maximum atomic E-state index is 12.5. The number of aromatic nitrogens is 2. The summed E-state index contributed by atoms with van der Waals surface area (Å²) in [7, 11) is 0. The summed E-state index contributed by atoms with van der Waals surface area (Å²) in [5.41, 5.74) is 0.0575. The van der Waals surface area contributed by atoms with Gasteiger partial charge in [-0.15, -0.1) is 34.0 Å². The molecule has 4 aromatic rings. The van der Waals surface area contributed by atoms with Crippen molar-refractivity contribution in [2.75, 3.05) is 5.75 Å². The maximum absolute atomic E-state index is 12.5. The Hall–Kier alpha value is -2.71. The quantitative estimate of drug-likeness (QED) is 0.145. The Labute approximate surface area is 206 Å². The number of aromatic amines is 1. The van der Waals surface area contributed by atoms with Gasteiger partial charge in [-0.25, -0.2) is 9.78 Å². The van der Waals surface area contributed by atoms with Gasteiger partial charge < -0.3 is 10.1 Å². The summed E-state index contributed by atoms with van der Waals surface area (Å²) < 4.78 is 0. The number of unbranched alkanes of at least 4 members (excludes halogenated alkanes) is 2. The van der Waals surface area contributed by atoms with Gasteiger partial charge in [0.05, 0.1) is 4.88 Å². The molecule has 168 valence electrons. The van der Waals surface area contributed by atoms with Crippen molar-refractivity contribution < 1.29 is 9.90 Å². The van der Waals surface area contributed by atoms with Crippen LogP contribution in [-0.2, 0) is 6.42 Å². The number of H-pyrrole nitrogens is 1. The van der Waals surface area contributed by atoms with Crippen molar-refractivity contribution in [3.63, 3.8) is 0 Å².